The first-order valence-electron chi connectivity index (χ1n) is 4.55. The zero-order valence-electron chi connectivity index (χ0n) is 8.10. The Morgan fingerprint density at radius 3 is 1.62 bits per heavy atom. The average Bonchev–Trinajstić information content (AvgIpc) is 2.16. The summed E-state index contributed by atoms with van der Waals surface area (Å²) in [5.41, 5.74) is 0. The van der Waals surface area contributed by atoms with E-state index in [9.17, 15) is 0 Å². The molecule has 0 aliphatic carbocycles. The van der Waals surface area contributed by atoms with Gasteiger partial charge in [-0.1, -0.05) is 24.0 Å². The van der Waals surface area contributed by atoms with Crippen LogP contribution in [0.4, 0.5) is 0 Å². The van der Waals surface area contributed by atoms with Gasteiger partial charge in [-0.2, -0.15) is 0 Å². The average molecular weight is 172 g/mol. The Morgan fingerprint density at radius 1 is 0.769 bits per heavy atom. The van der Waals surface area contributed by atoms with Gasteiger partial charge in [-0.25, -0.2) is 0 Å². The molecule has 0 heteroatoms. The van der Waals surface area contributed by atoms with Gasteiger partial charge in [-0.15, -0.1) is 25.0 Å². The van der Waals surface area contributed by atoms with Crippen LogP contribution in [0.25, 0.3) is 0 Å². The second kappa shape index (κ2) is 10.6. The first-order chi connectivity index (χ1) is 6.41. The Hall–Kier alpha value is -1.40. The fourth-order valence-corrected chi connectivity index (χ4v) is 0.731. The third-order valence-corrected chi connectivity index (χ3v) is 1.35. The summed E-state index contributed by atoms with van der Waals surface area (Å²) in [6, 6.07) is 0. The maximum atomic E-state index is 3.59. The van der Waals surface area contributed by atoms with Crippen LogP contribution in [0.2, 0.25) is 0 Å². The van der Waals surface area contributed by atoms with Crippen LogP contribution < -0.4 is 0 Å². The number of hydrogen-bond donors (Lipinski definition) is 0. The van der Waals surface area contributed by atoms with Crippen LogP contribution in [0.1, 0.15) is 32.1 Å². The van der Waals surface area contributed by atoms with E-state index in [1.807, 2.05) is 12.2 Å². The number of hydrogen-bond acceptors (Lipinski definition) is 0. The lowest BCUT2D eigenvalue weighted by Gasteiger charge is -1.83. The maximum absolute atomic E-state index is 3.59. The van der Waals surface area contributed by atoms with Crippen molar-refractivity contribution in [3.63, 3.8) is 0 Å². The van der Waals surface area contributed by atoms with Gasteiger partial charge in [0.15, 0.2) is 0 Å². The standard InChI is InChI=1S/C13H16/c1-3-5-7-9-11-13-12-10-8-6-4-2/h3-4H,1-2,5-6,11-13H2. The van der Waals surface area contributed by atoms with Gasteiger partial charge in [-0.05, 0) is 6.42 Å². The van der Waals surface area contributed by atoms with Crippen LogP contribution in [0.5, 0.6) is 0 Å². The molecule has 0 saturated heterocycles. The van der Waals surface area contributed by atoms with E-state index in [2.05, 4.69) is 36.8 Å². The molecule has 0 N–H and O–H groups in total. The molecule has 0 radical (unpaired) electrons. The first kappa shape index (κ1) is 11.6. The van der Waals surface area contributed by atoms with Crippen molar-refractivity contribution in [1.29, 1.82) is 0 Å². The fourth-order valence-electron chi connectivity index (χ4n) is 0.731. The second-order valence-corrected chi connectivity index (χ2v) is 2.55. The second-order valence-electron chi connectivity index (χ2n) is 2.55. The van der Waals surface area contributed by atoms with E-state index < -0.39 is 0 Å². The predicted octanol–water partition coefficient (Wildman–Crippen LogP) is 3.32. The fraction of sp³-hybridized carbons (Fsp3) is 0.385. The third-order valence-electron chi connectivity index (χ3n) is 1.35. The molecule has 0 aromatic rings. The Kier molecular flexibility index (Phi) is 9.46. The van der Waals surface area contributed by atoms with Crippen LogP contribution >= 0.6 is 0 Å². The van der Waals surface area contributed by atoms with Crippen molar-refractivity contribution in [2.24, 2.45) is 0 Å². The molecular weight excluding hydrogens is 156 g/mol. The number of allylic oxidation sites excluding steroid dienone is 2. The highest BCUT2D eigenvalue weighted by molar-refractivity contribution is 5.05. The molecule has 0 amide bonds. The number of unbranched alkanes of at least 4 members (excludes halogenated alkanes) is 2. The lowest BCUT2D eigenvalue weighted by molar-refractivity contribution is 0.902. The van der Waals surface area contributed by atoms with Crippen molar-refractivity contribution in [2.75, 3.05) is 0 Å². The predicted molar refractivity (Wildman–Crippen MR) is 59.0 cm³/mol. The minimum absolute atomic E-state index is 0.794. The normalized spacial score (nSPS) is 7.38. The van der Waals surface area contributed by atoms with E-state index in [4.69, 9.17) is 0 Å². The van der Waals surface area contributed by atoms with Crippen molar-refractivity contribution < 1.29 is 0 Å². The first-order valence-corrected chi connectivity index (χ1v) is 4.55. The zero-order chi connectivity index (χ0) is 9.78. The molecule has 0 heterocycles. The highest BCUT2D eigenvalue weighted by Crippen LogP contribution is 1.92. The van der Waals surface area contributed by atoms with Gasteiger partial charge in [0.1, 0.15) is 0 Å². The summed E-state index contributed by atoms with van der Waals surface area (Å²) >= 11 is 0. The molecule has 13 heavy (non-hydrogen) atoms. The minimum atomic E-state index is 0.794. The molecule has 0 aromatic carbocycles. The summed E-state index contributed by atoms with van der Waals surface area (Å²) < 4.78 is 0. The zero-order valence-corrected chi connectivity index (χ0v) is 8.10. The molecule has 0 spiro atoms. The van der Waals surface area contributed by atoms with Gasteiger partial charge in [0.2, 0.25) is 0 Å². The van der Waals surface area contributed by atoms with Crippen LogP contribution in [0, 0.1) is 23.7 Å². The van der Waals surface area contributed by atoms with E-state index in [1.165, 1.54) is 0 Å². The molecule has 0 aromatic heterocycles. The van der Waals surface area contributed by atoms with Gasteiger partial charge in [0, 0.05) is 25.7 Å². The maximum Gasteiger partial charge on any atom is 0.0267 e. The summed E-state index contributed by atoms with van der Waals surface area (Å²) in [5.74, 6) is 12.1. The molecule has 0 aliphatic heterocycles. The lowest BCUT2D eigenvalue weighted by atomic mass is 10.2. The summed E-state index contributed by atoms with van der Waals surface area (Å²) in [6.45, 7) is 7.19. The monoisotopic (exact) mass is 172 g/mol. The highest BCUT2D eigenvalue weighted by atomic mass is 13.8. The molecule has 0 rings (SSSR count). The third kappa shape index (κ3) is 10.6. The van der Waals surface area contributed by atoms with E-state index in [-0.39, 0.29) is 0 Å². The van der Waals surface area contributed by atoms with Gasteiger partial charge in [-0.3, -0.25) is 0 Å². The summed E-state index contributed by atoms with van der Waals surface area (Å²) in [7, 11) is 0. The summed E-state index contributed by atoms with van der Waals surface area (Å²) in [6.07, 6.45) is 8.17. The van der Waals surface area contributed by atoms with Crippen molar-refractivity contribution >= 4 is 0 Å². The van der Waals surface area contributed by atoms with Crippen LogP contribution in [-0.4, -0.2) is 0 Å². The molecule has 0 fully saturated rings. The molecule has 68 valence electrons. The summed E-state index contributed by atoms with van der Waals surface area (Å²) in [5, 5.41) is 0. The molecule has 0 bridgehead atoms. The molecule has 0 atom stereocenters. The Labute approximate surface area is 81.7 Å². The highest BCUT2D eigenvalue weighted by Gasteiger charge is 1.78. The van der Waals surface area contributed by atoms with Crippen molar-refractivity contribution in [2.45, 2.75) is 32.1 Å². The SMILES string of the molecule is C=CCC#CCCCC#CCC=C. The Morgan fingerprint density at radius 2 is 1.23 bits per heavy atom. The molecule has 0 nitrogen and oxygen atoms in total. The van der Waals surface area contributed by atoms with E-state index >= 15 is 0 Å². The Bertz CT molecular complexity index is 221. The topological polar surface area (TPSA) is 0 Å². The van der Waals surface area contributed by atoms with Crippen molar-refractivity contribution in [1.82, 2.24) is 0 Å². The van der Waals surface area contributed by atoms with Gasteiger partial charge in [0.05, 0.1) is 0 Å². The van der Waals surface area contributed by atoms with Crippen LogP contribution in [-0.2, 0) is 0 Å². The quantitative estimate of drug-likeness (QED) is 0.347. The lowest BCUT2D eigenvalue weighted by Crippen LogP contribution is -1.70. The number of rotatable bonds is 4. The largest absolute Gasteiger partial charge is 0.103 e. The summed E-state index contributed by atoms with van der Waals surface area (Å²) in [4.78, 5) is 0. The van der Waals surface area contributed by atoms with Crippen LogP contribution in [0.3, 0.4) is 0 Å². The molecule has 0 aliphatic rings. The van der Waals surface area contributed by atoms with Crippen molar-refractivity contribution in [3.8, 4) is 23.7 Å². The van der Waals surface area contributed by atoms with Crippen molar-refractivity contribution in [3.05, 3.63) is 25.3 Å². The van der Waals surface area contributed by atoms with E-state index in [0.717, 1.165) is 32.1 Å². The smallest absolute Gasteiger partial charge is 0.0267 e. The van der Waals surface area contributed by atoms with Gasteiger partial charge < -0.3 is 0 Å². The Balaban J connectivity index is 3.28. The molecular formula is C13H16. The molecule has 0 unspecified atom stereocenters. The van der Waals surface area contributed by atoms with Gasteiger partial charge >= 0.3 is 0 Å². The minimum Gasteiger partial charge on any atom is -0.103 e. The van der Waals surface area contributed by atoms with Gasteiger partial charge in [0.25, 0.3) is 0 Å². The van der Waals surface area contributed by atoms with E-state index in [0.29, 0.717) is 0 Å². The van der Waals surface area contributed by atoms with Crippen LogP contribution in [0.15, 0.2) is 25.3 Å². The molecule has 0 saturated carbocycles. The van der Waals surface area contributed by atoms with E-state index in [1.54, 1.807) is 0 Å².